The van der Waals surface area contributed by atoms with Gasteiger partial charge in [0.25, 0.3) is 0 Å². The van der Waals surface area contributed by atoms with Crippen LogP contribution in [-0.2, 0) is 6.42 Å². The molecule has 15 heavy (non-hydrogen) atoms. The molecule has 1 fully saturated rings. The summed E-state index contributed by atoms with van der Waals surface area (Å²) in [6, 6.07) is 0. The first-order valence-corrected chi connectivity index (χ1v) is 5.98. The van der Waals surface area contributed by atoms with Gasteiger partial charge in [0.1, 0.15) is 0 Å². The molecule has 1 aliphatic carbocycles. The number of aromatic amines is 1. The SMILES string of the molecule is CC(C)C1CCC(Cc2nn[nH]n2)CC1. The maximum absolute atomic E-state index is 4.02. The van der Waals surface area contributed by atoms with Gasteiger partial charge in [0, 0.05) is 6.42 Å². The monoisotopic (exact) mass is 208 g/mol. The fourth-order valence-corrected chi connectivity index (χ4v) is 2.59. The number of rotatable bonds is 3. The third-order valence-electron chi connectivity index (χ3n) is 3.69. The van der Waals surface area contributed by atoms with Gasteiger partial charge in [0.05, 0.1) is 0 Å². The molecular formula is C11H20N4. The molecule has 0 spiro atoms. The van der Waals surface area contributed by atoms with Gasteiger partial charge >= 0.3 is 0 Å². The molecule has 4 heteroatoms. The van der Waals surface area contributed by atoms with E-state index in [9.17, 15) is 0 Å². The van der Waals surface area contributed by atoms with Crippen LogP contribution in [-0.4, -0.2) is 20.6 Å². The predicted molar refractivity (Wildman–Crippen MR) is 58.2 cm³/mol. The van der Waals surface area contributed by atoms with Crippen LogP contribution in [0.1, 0.15) is 45.4 Å². The zero-order valence-corrected chi connectivity index (χ0v) is 9.61. The number of hydrogen-bond acceptors (Lipinski definition) is 3. The van der Waals surface area contributed by atoms with Crippen molar-refractivity contribution in [1.29, 1.82) is 0 Å². The first-order chi connectivity index (χ1) is 7.25. The van der Waals surface area contributed by atoms with Crippen LogP contribution in [0.3, 0.4) is 0 Å². The second-order valence-electron chi connectivity index (χ2n) is 5.06. The lowest BCUT2D eigenvalue weighted by atomic mass is 9.76. The molecule has 1 aromatic rings. The van der Waals surface area contributed by atoms with Crippen molar-refractivity contribution in [2.45, 2.75) is 46.0 Å². The highest BCUT2D eigenvalue weighted by atomic mass is 15.5. The quantitative estimate of drug-likeness (QED) is 0.828. The van der Waals surface area contributed by atoms with E-state index in [2.05, 4.69) is 34.5 Å². The van der Waals surface area contributed by atoms with E-state index in [0.717, 1.165) is 30.0 Å². The van der Waals surface area contributed by atoms with E-state index in [-0.39, 0.29) is 0 Å². The lowest BCUT2D eigenvalue weighted by Crippen LogP contribution is -2.20. The minimum Gasteiger partial charge on any atom is -0.177 e. The number of nitrogens with one attached hydrogen (secondary N) is 1. The van der Waals surface area contributed by atoms with Gasteiger partial charge in [-0.1, -0.05) is 19.1 Å². The lowest BCUT2D eigenvalue weighted by molar-refractivity contribution is 0.222. The van der Waals surface area contributed by atoms with Crippen molar-refractivity contribution in [3.8, 4) is 0 Å². The van der Waals surface area contributed by atoms with Gasteiger partial charge in [0.2, 0.25) is 0 Å². The molecule has 0 atom stereocenters. The van der Waals surface area contributed by atoms with E-state index in [1.54, 1.807) is 0 Å². The van der Waals surface area contributed by atoms with Gasteiger partial charge in [-0.3, -0.25) is 0 Å². The fraction of sp³-hybridized carbons (Fsp3) is 0.909. The van der Waals surface area contributed by atoms with Crippen molar-refractivity contribution >= 4 is 0 Å². The zero-order valence-electron chi connectivity index (χ0n) is 9.61. The van der Waals surface area contributed by atoms with Crippen LogP contribution in [0.25, 0.3) is 0 Å². The maximum atomic E-state index is 4.02. The topological polar surface area (TPSA) is 54.5 Å². The van der Waals surface area contributed by atoms with E-state index in [4.69, 9.17) is 0 Å². The Kier molecular flexibility index (Phi) is 3.34. The number of nitrogens with zero attached hydrogens (tertiary/aromatic N) is 3. The summed E-state index contributed by atoms with van der Waals surface area (Å²) in [5.41, 5.74) is 0. The first kappa shape index (κ1) is 10.6. The molecule has 0 unspecified atom stereocenters. The van der Waals surface area contributed by atoms with Crippen LogP contribution in [0.2, 0.25) is 0 Å². The molecular weight excluding hydrogens is 188 g/mol. The highest BCUT2D eigenvalue weighted by Gasteiger charge is 2.24. The number of hydrogen-bond donors (Lipinski definition) is 1. The Labute approximate surface area is 90.8 Å². The number of aromatic nitrogens is 4. The van der Waals surface area contributed by atoms with Crippen molar-refractivity contribution in [2.24, 2.45) is 17.8 Å². The van der Waals surface area contributed by atoms with E-state index in [0.29, 0.717) is 0 Å². The fourth-order valence-electron chi connectivity index (χ4n) is 2.59. The summed E-state index contributed by atoms with van der Waals surface area (Å²) in [5, 5.41) is 14.1. The number of H-pyrrole nitrogens is 1. The largest absolute Gasteiger partial charge is 0.177 e. The van der Waals surface area contributed by atoms with E-state index in [1.807, 2.05) is 0 Å². The van der Waals surface area contributed by atoms with Crippen molar-refractivity contribution in [3.05, 3.63) is 5.82 Å². The summed E-state index contributed by atoms with van der Waals surface area (Å²) in [6.07, 6.45) is 6.41. The first-order valence-electron chi connectivity index (χ1n) is 5.98. The molecule has 1 saturated carbocycles. The normalized spacial score (nSPS) is 27.1. The van der Waals surface area contributed by atoms with E-state index >= 15 is 0 Å². The van der Waals surface area contributed by atoms with Crippen molar-refractivity contribution in [3.63, 3.8) is 0 Å². The Hall–Kier alpha value is -0.930. The molecule has 1 aromatic heterocycles. The molecule has 0 saturated heterocycles. The lowest BCUT2D eigenvalue weighted by Gasteiger charge is -2.30. The van der Waals surface area contributed by atoms with Crippen molar-refractivity contribution in [2.75, 3.05) is 0 Å². The predicted octanol–water partition coefficient (Wildman–Crippen LogP) is 2.20. The zero-order chi connectivity index (χ0) is 10.7. The molecule has 1 heterocycles. The van der Waals surface area contributed by atoms with Crippen LogP contribution in [0.4, 0.5) is 0 Å². The third-order valence-corrected chi connectivity index (χ3v) is 3.69. The highest BCUT2D eigenvalue weighted by molar-refractivity contribution is 4.84. The van der Waals surface area contributed by atoms with Crippen LogP contribution < -0.4 is 0 Å². The Bertz CT molecular complexity index is 273. The summed E-state index contributed by atoms with van der Waals surface area (Å²) >= 11 is 0. The van der Waals surface area contributed by atoms with Gasteiger partial charge in [-0.2, -0.15) is 5.21 Å². The molecule has 0 bridgehead atoms. The smallest absolute Gasteiger partial charge is 0.174 e. The van der Waals surface area contributed by atoms with Gasteiger partial charge in [0.15, 0.2) is 5.82 Å². The molecule has 0 radical (unpaired) electrons. The molecule has 1 N–H and O–H groups in total. The molecule has 1 aliphatic rings. The van der Waals surface area contributed by atoms with Crippen LogP contribution >= 0.6 is 0 Å². The second-order valence-corrected chi connectivity index (χ2v) is 5.06. The maximum Gasteiger partial charge on any atom is 0.174 e. The molecule has 2 rings (SSSR count). The summed E-state index contributed by atoms with van der Waals surface area (Å²) in [4.78, 5) is 0. The number of tetrazole rings is 1. The van der Waals surface area contributed by atoms with Crippen LogP contribution in [0.5, 0.6) is 0 Å². The Morgan fingerprint density at radius 1 is 1.27 bits per heavy atom. The van der Waals surface area contributed by atoms with Crippen LogP contribution in [0.15, 0.2) is 0 Å². The summed E-state index contributed by atoms with van der Waals surface area (Å²) in [6.45, 7) is 4.67. The standard InChI is InChI=1S/C11H20N4/c1-8(2)10-5-3-9(4-6-10)7-11-12-14-15-13-11/h8-10H,3-7H2,1-2H3,(H,12,13,14,15). The average molecular weight is 208 g/mol. The van der Waals surface area contributed by atoms with E-state index in [1.165, 1.54) is 25.7 Å². The molecule has 4 nitrogen and oxygen atoms in total. The minimum atomic E-state index is 0.776. The van der Waals surface area contributed by atoms with E-state index < -0.39 is 0 Å². The molecule has 0 aromatic carbocycles. The molecule has 0 aliphatic heterocycles. The average Bonchev–Trinajstić information content (AvgIpc) is 2.71. The Morgan fingerprint density at radius 2 is 2.00 bits per heavy atom. The molecule has 0 amide bonds. The van der Waals surface area contributed by atoms with Crippen molar-refractivity contribution in [1.82, 2.24) is 20.6 Å². The van der Waals surface area contributed by atoms with Crippen LogP contribution in [0, 0.1) is 17.8 Å². The minimum absolute atomic E-state index is 0.776. The van der Waals surface area contributed by atoms with Gasteiger partial charge in [-0.15, -0.1) is 10.2 Å². The van der Waals surface area contributed by atoms with Gasteiger partial charge in [-0.25, -0.2) is 0 Å². The van der Waals surface area contributed by atoms with Gasteiger partial charge < -0.3 is 0 Å². The molecule has 84 valence electrons. The summed E-state index contributed by atoms with van der Waals surface area (Å²) < 4.78 is 0. The van der Waals surface area contributed by atoms with Gasteiger partial charge in [-0.05, 0) is 43.4 Å². The second kappa shape index (κ2) is 4.73. The Balaban J connectivity index is 1.79. The highest BCUT2D eigenvalue weighted by Crippen LogP contribution is 2.34. The summed E-state index contributed by atoms with van der Waals surface area (Å²) in [7, 11) is 0. The Morgan fingerprint density at radius 3 is 2.53 bits per heavy atom. The van der Waals surface area contributed by atoms with Crippen molar-refractivity contribution < 1.29 is 0 Å². The summed E-state index contributed by atoms with van der Waals surface area (Å²) in [5.74, 6) is 3.43. The third kappa shape index (κ3) is 2.76.